The van der Waals surface area contributed by atoms with Crippen molar-refractivity contribution in [2.45, 2.75) is 47.6 Å². The molecule has 2 unspecified atom stereocenters. The van der Waals surface area contributed by atoms with E-state index in [4.69, 9.17) is 9.47 Å². The van der Waals surface area contributed by atoms with Gasteiger partial charge in [0.1, 0.15) is 11.2 Å². The molecule has 13 rings (SSSR count). The van der Waals surface area contributed by atoms with E-state index in [0.29, 0.717) is 11.1 Å². The smallest absolute Gasteiger partial charge is 0.348 e. The van der Waals surface area contributed by atoms with E-state index in [0.717, 1.165) is 9.80 Å². The predicted molar refractivity (Wildman–Crippen MR) is 143 cm³/mol. The molecule has 48 heavy (non-hydrogen) atoms. The summed E-state index contributed by atoms with van der Waals surface area (Å²) in [6.45, 7) is -0.648. The molecule has 0 N–H and O–H groups in total. The van der Waals surface area contributed by atoms with Gasteiger partial charge in [-0.3, -0.25) is 29.0 Å². The number of hydrogen-bond acceptors (Lipinski definition) is 6. The molecular weight excluding hydrogens is 646 g/mol. The van der Waals surface area contributed by atoms with Gasteiger partial charge in [0.25, 0.3) is 0 Å². The van der Waals surface area contributed by atoms with Gasteiger partial charge >= 0.3 is 12.4 Å². The fourth-order valence-corrected chi connectivity index (χ4v) is 14.6. The Balaban J connectivity index is 1.13. The zero-order valence-corrected chi connectivity index (χ0v) is 24.8. The molecule has 12 aliphatic rings. The van der Waals surface area contributed by atoms with Crippen molar-refractivity contribution >= 4 is 23.6 Å². The molecule has 10 fully saturated rings. The molecule has 8 nitrogen and oxygen atoms in total. The zero-order valence-electron chi connectivity index (χ0n) is 24.8. The van der Waals surface area contributed by atoms with Crippen LogP contribution in [0.4, 0.5) is 26.3 Å². The molecule has 1 aromatic rings. The molecule has 0 radical (unpaired) electrons. The first kappa shape index (κ1) is 27.5. The molecule has 4 aliphatic carbocycles. The van der Waals surface area contributed by atoms with E-state index in [1.165, 1.54) is 0 Å². The van der Waals surface area contributed by atoms with Gasteiger partial charge in [-0.15, -0.1) is 0 Å². The van der Waals surface area contributed by atoms with E-state index < -0.39 is 129 Å². The molecule has 14 heteroatoms. The average molecular weight is 673 g/mol. The maximum Gasteiger partial charge on any atom is 0.418 e. The second kappa shape index (κ2) is 7.28. The van der Waals surface area contributed by atoms with E-state index in [2.05, 4.69) is 0 Å². The zero-order chi connectivity index (χ0) is 33.0. The van der Waals surface area contributed by atoms with E-state index in [1.807, 2.05) is 0 Å². The average Bonchev–Trinajstić information content (AvgIpc) is 3.87. The highest BCUT2D eigenvalue weighted by Crippen LogP contribution is 2.86. The van der Waals surface area contributed by atoms with Crippen LogP contribution in [0.25, 0.3) is 0 Å². The molecule has 250 valence electrons. The SMILES string of the molecule is O=C1[C@@H]2[C@H]3C[C@H]4[C@@H]2C(=O)N1C[C@@]12C=C[C@@](CN5C(=O)[C@@H]6[C@H]7C[C@@H]([C@@H]6C5=O)[C@H]5[C@@H]7C6(C(F)(F)F)OC5(C(F)(F)F)[C@H]3[C@H]46)(O1)c1ccccc12. The predicted octanol–water partition coefficient (Wildman–Crippen LogP) is 3.30. The summed E-state index contributed by atoms with van der Waals surface area (Å²) in [7, 11) is 0. The molecule has 8 aliphatic heterocycles. The Morgan fingerprint density at radius 1 is 0.562 bits per heavy atom. The van der Waals surface area contributed by atoms with Gasteiger partial charge < -0.3 is 9.47 Å². The molecular formula is C34H26F6N2O6. The summed E-state index contributed by atoms with van der Waals surface area (Å²) in [5, 5.41) is 0. The topological polar surface area (TPSA) is 93.2 Å². The third kappa shape index (κ3) is 2.33. The Morgan fingerprint density at radius 2 is 0.896 bits per heavy atom. The highest BCUT2D eigenvalue weighted by molar-refractivity contribution is 6.07. The van der Waals surface area contributed by atoms with Crippen LogP contribution in [0.2, 0.25) is 0 Å². The van der Waals surface area contributed by atoms with Crippen molar-refractivity contribution in [1.29, 1.82) is 0 Å². The first-order chi connectivity index (χ1) is 22.6. The largest absolute Gasteiger partial charge is 0.418 e. The number of rotatable bonds is 0. The van der Waals surface area contributed by atoms with E-state index >= 15 is 26.3 Å². The maximum atomic E-state index is 15.8. The number of hydrogen-bond donors (Lipinski definition) is 0. The second-order valence-electron chi connectivity index (χ2n) is 16.3. The minimum absolute atomic E-state index is 0.115. The van der Waals surface area contributed by atoms with Crippen LogP contribution in [0.3, 0.4) is 0 Å². The van der Waals surface area contributed by atoms with Crippen molar-refractivity contribution in [3.8, 4) is 0 Å². The third-order valence-electron chi connectivity index (χ3n) is 15.3. The lowest BCUT2D eigenvalue weighted by atomic mass is 9.46. The Labute approximate surface area is 267 Å². The normalized spacial score (nSPS) is 55.1. The lowest BCUT2D eigenvalue weighted by Gasteiger charge is -2.53. The lowest BCUT2D eigenvalue weighted by Crippen LogP contribution is -2.66. The quantitative estimate of drug-likeness (QED) is 0.239. The highest BCUT2D eigenvalue weighted by atomic mass is 19.4. The third-order valence-corrected chi connectivity index (χ3v) is 15.3. The molecule has 4 amide bonds. The van der Waals surface area contributed by atoms with Crippen molar-refractivity contribution in [2.24, 2.45) is 71.0 Å². The maximum absolute atomic E-state index is 15.8. The number of carbonyl (C=O) groups is 4. The number of amides is 4. The summed E-state index contributed by atoms with van der Waals surface area (Å²) in [6.07, 6.45) is -7.36. The van der Waals surface area contributed by atoms with Crippen LogP contribution < -0.4 is 0 Å². The van der Waals surface area contributed by atoms with Gasteiger partial charge in [0, 0.05) is 23.7 Å². The van der Waals surface area contributed by atoms with Crippen molar-refractivity contribution in [3.05, 3.63) is 47.5 Å². The fourth-order valence-electron chi connectivity index (χ4n) is 14.6. The van der Waals surface area contributed by atoms with Crippen molar-refractivity contribution in [2.75, 3.05) is 13.1 Å². The van der Waals surface area contributed by atoms with Crippen LogP contribution in [0.15, 0.2) is 36.4 Å². The summed E-state index contributed by atoms with van der Waals surface area (Å²) in [4.78, 5) is 59.1. The van der Waals surface area contributed by atoms with Crippen LogP contribution >= 0.6 is 0 Å². The molecule has 8 heterocycles. The lowest BCUT2D eigenvalue weighted by molar-refractivity contribution is -0.329. The van der Waals surface area contributed by atoms with Crippen LogP contribution in [0, 0.1) is 71.0 Å². The van der Waals surface area contributed by atoms with Crippen molar-refractivity contribution in [1.82, 2.24) is 9.80 Å². The van der Waals surface area contributed by atoms with Gasteiger partial charge in [0.15, 0.2) is 11.2 Å². The number of carbonyl (C=O) groups excluding carboxylic acids is 4. The number of alkyl halides is 6. The number of nitrogens with zero attached hydrogens (tertiary/aromatic N) is 2. The van der Waals surface area contributed by atoms with Gasteiger partial charge in [-0.05, 0) is 59.8 Å². The van der Waals surface area contributed by atoms with Crippen molar-refractivity contribution in [3.63, 3.8) is 0 Å². The van der Waals surface area contributed by atoms with Gasteiger partial charge in [0.2, 0.25) is 23.6 Å². The molecule has 6 saturated heterocycles. The van der Waals surface area contributed by atoms with E-state index in [1.54, 1.807) is 36.4 Å². The molecule has 14 bridgehead atoms. The molecule has 0 spiro atoms. The van der Waals surface area contributed by atoms with Crippen LogP contribution in [0.5, 0.6) is 0 Å². The van der Waals surface area contributed by atoms with Gasteiger partial charge in [-0.25, -0.2) is 0 Å². The molecule has 16 atom stereocenters. The van der Waals surface area contributed by atoms with Crippen LogP contribution in [-0.2, 0) is 39.9 Å². The minimum Gasteiger partial charge on any atom is -0.348 e. The van der Waals surface area contributed by atoms with Crippen LogP contribution in [0.1, 0.15) is 24.0 Å². The second-order valence-corrected chi connectivity index (χ2v) is 16.3. The highest BCUT2D eigenvalue weighted by Gasteiger charge is 2.97. The molecule has 1 aromatic carbocycles. The number of benzene rings is 1. The Kier molecular flexibility index (Phi) is 4.18. The number of ether oxygens (including phenoxy) is 2. The number of fused-ring (bicyclic) bond motifs is 1. The Bertz CT molecular complexity index is 1710. The minimum atomic E-state index is -5.26. The fraction of sp³-hybridized carbons (Fsp3) is 0.647. The number of halogens is 6. The van der Waals surface area contributed by atoms with E-state index in [-0.39, 0.29) is 25.9 Å². The Hall–Kier alpha value is -3.26. The van der Waals surface area contributed by atoms with Crippen molar-refractivity contribution < 1.29 is 55.0 Å². The summed E-state index contributed by atoms with van der Waals surface area (Å²) in [5.41, 5.74) is -8.00. The monoisotopic (exact) mass is 672 g/mol. The summed E-state index contributed by atoms with van der Waals surface area (Å²) in [6, 6.07) is 7.05. The first-order valence-corrected chi connectivity index (χ1v) is 16.7. The standard InChI is InChI=1S/C34H26F6N2O6/c35-33(36,37)31-21-11-7-12-18-17(11)25(43)41(26(18)44)9-29-5-6-30(47-29,16-4-2-1-3-15(16)29)10-42-27(45)19-13-8-14(20(19)28(42)46)24(23(13)31)32(48-31,22(12)21)34(38,39)40/h1-6,11-14,17-24H,7-10H2/t11-,12+,13+,14-,17-,18+,19+,20-,21-,22+,23+,24-,29-,30+,31?,32?. The Morgan fingerprint density at radius 3 is 1.21 bits per heavy atom. The molecule has 4 saturated carbocycles. The number of imide groups is 2. The summed E-state index contributed by atoms with van der Waals surface area (Å²) >= 11 is 0. The van der Waals surface area contributed by atoms with Gasteiger partial charge in [-0.2, -0.15) is 26.3 Å². The molecule has 0 aromatic heterocycles. The first-order valence-electron chi connectivity index (χ1n) is 16.7. The summed E-state index contributed by atoms with van der Waals surface area (Å²) in [5.74, 6) is -19.0. The van der Waals surface area contributed by atoms with E-state index in [9.17, 15) is 19.2 Å². The summed E-state index contributed by atoms with van der Waals surface area (Å²) < 4.78 is 107. The van der Waals surface area contributed by atoms with Gasteiger partial charge in [0.05, 0.1) is 36.8 Å². The van der Waals surface area contributed by atoms with Gasteiger partial charge in [-0.1, -0.05) is 24.3 Å². The van der Waals surface area contributed by atoms with Crippen LogP contribution in [-0.4, -0.2) is 70.1 Å².